The van der Waals surface area contributed by atoms with Crippen LogP contribution in [-0.4, -0.2) is 36.4 Å². The summed E-state index contributed by atoms with van der Waals surface area (Å²) in [6.45, 7) is 2.55. The zero-order chi connectivity index (χ0) is 24.1. The van der Waals surface area contributed by atoms with Gasteiger partial charge in [0.2, 0.25) is 0 Å². The average molecular weight is 456 g/mol. The molecular formula is C28H29N3O3. The van der Waals surface area contributed by atoms with E-state index in [1.54, 1.807) is 18.2 Å². The summed E-state index contributed by atoms with van der Waals surface area (Å²) < 4.78 is 5.66. The summed E-state index contributed by atoms with van der Waals surface area (Å²) >= 11 is 0. The minimum atomic E-state index is -0.544. The molecule has 4 rings (SSSR count). The predicted molar refractivity (Wildman–Crippen MR) is 138 cm³/mol. The lowest BCUT2D eigenvalue weighted by atomic mass is 9.78. The van der Waals surface area contributed by atoms with E-state index in [4.69, 9.17) is 4.42 Å². The number of hydrogen-bond donors (Lipinski definition) is 2. The van der Waals surface area contributed by atoms with Gasteiger partial charge in [-0.05, 0) is 50.8 Å². The Bertz CT molecular complexity index is 1330. The maximum atomic E-state index is 13.3. The van der Waals surface area contributed by atoms with Crippen LogP contribution in [0.4, 0.5) is 5.69 Å². The van der Waals surface area contributed by atoms with Crippen LogP contribution in [0.5, 0.6) is 5.75 Å². The monoisotopic (exact) mass is 455 g/mol. The van der Waals surface area contributed by atoms with E-state index in [0.717, 1.165) is 17.0 Å². The van der Waals surface area contributed by atoms with Gasteiger partial charge < -0.3 is 14.4 Å². The highest BCUT2D eigenvalue weighted by atomic mass is 16.4. The first-order valence-corrected chi connectivity index (χ1v) is 11.3. The summed E-state index contributed by atoms with van der Waals surface area (Å²) in [4.78, 5) is 15.3. The van der Waals surface area contributed by atoms with Crippen molar-refractivity contribution in [2.24, 2.45) is 11.0 Å². The fourth-order valence-electron chi connectivity index (χ4n) is 4.30. The van der Waals surface area contributed by atoms with Crippen LogP contribution in [0.1, 0.15) is 24.0 Å². The Kier molecular flexibility index (Phi) is 7.09. The molecule has 0 radical (unpaired) electrons. The number of nitrogens with one attached hydrogen (secondary N) is 1. The van der Waals surface area contributed by atoms with E-state index in [9.17, 15) is 9.90 Å². The Labute approximate surface area is 199 Å². The third-order valence-corrected chi connectivity index (χ3v) is 5.93. The topological polar surface area (TPSA) is 78.1 Å². The first-order chi connectivity index (χ1) is 16.5. The molecule has 6 heteroatoms. The molecule has 6 nitrogen and oxygen atoms in total. The van der Waals surface area contributed by atoms with Gasteiger partial charge in [0.25, 0.3) is 0 Å². The van der Waals surface area contributed by atoms with Crippen LogP contribution in [0.2, 0.25) is 0 Å². The number of nitrogens with zero attached hydrogens (tertiary/aromatic N) is 2. The van der Waals surface area contributed by atoms with Crippen molar-refractivity contribution in [1.82, 2.24) is 4.90 Å². The molecule has 0 spiro atoms. The molecule has 0 bridgehead atoms. The fraction of sp³-hybridized carbons (Fsp3) is 0.214. The van der Waals surface area contributed by atoms with Crippen molar-refractivity contribution in [2.75, 3.05) is 26.1 Å². The fourth-order valence-corrected chi connectivity index (χ4v) is 4.30. The predicted octanol–water partition coefficient (Wildman–Crippen LogP) is 5.30. The van der Waals surface area contributed by atoms with Gasteiger partial charge in [0.1, 0.15) is 11.3 Å². The number of aromatic hydroxyl groups is 1. The molecule has 1 aromatic heterocycles. The van der Waals surface area contributed by atoms with Gasteiger partial charge in [-0.3, -0.25) is 5.43 Å². The lowest BCUT2D eigenvalue weighted by Gasteiger charge is -2.30. The summed E-state index contributed by atoms with van der Waals surface area (Å²) in [5, 5.41) is 16.5. The Morgan fingerprint density at radius 3 is 2.26 bits per heavy atom. The largest absolute Gasteiger partial charge is 0.507 e. The maximum absolute atomic E-state index is 13.3. The third kappa shape index (κ3) is 5.02. The zero-order valence-electron chi connectivity index (χ0n) is 19.6. The van der Waals surface area contributed by atoms with E-state index in [1.807, 2.05) is 87.7 Å². The van der Waals surface area contributed by atoms with E-state index in [2.05, 4.69) is 15.4 Å². The lowest BCUT2D eigenvalue weighted by molar-refractivity contribution is 0.346. The highest BCUT2D eigenvalue weighted by Gasteiger charge is 2.33. The second kappa shape index (κ2) is 10.4. The smallest absolute Gasteiger partial charge is 0.343 e. The minimum Gasteiger partial charge on any atom is -0.507 e. The second-order valence-electron chi connectivity index (χ2n) is 8.64. The molecule has 1 heterocycles. The molecule has 0 saturated heterocycles. The lowest BCUT2D eigenvalue weighted by Crippen LogP contribution is -2.34. The molecule has 3 aromatic carbocycles. The Morgan fingerprint density at radius 2 is 1.59 bits per heavy atom. The van der Waals surface area contributed by atoms with Crippen LogP contribution in [0.3, 0.4) is 0 Å². The quantitative estimate of drug-likeness (QED) is 0.214. The van der Waals surface area contributed by atoms with Gasteiger partial charge in [-0.25, -0.2) is 4.79 Å². The van der Waals surface area contributed by atoms with Crippen molar-refractivity contribution in [1.29, 1.82) is 0 Å². The van der Waals surface area contributed by atoms with Crippen molar-refractivity contribution in [2.45, 2.75) is 12.8 Å². The Balaban J connectivity index is 1.88. The van der Waals surface area contributed by atoms with E-state index < -0.39 is 11.5 Å². The molecule has 0 aliphatic carbocycles. The third-order valence-electron chi connectivity index (χ3n) is 5.93. The van der Waals surface area contributed by atoms with Gasteiger partial charge in [0, 0.05) is 24.1 Å². The van der Waals surface area contributed by atoms with Crippen molar-refractivity contribution in [3.8, 4) is 5.75 Å². The van der Waals surface area contributed by atoms with Crippen LogP contribution < -0.4 is 11.1 Å². The number of rotatable bonds is 8. The van der Waals surface area contributed by atoms with Crippen LogP contribution in [0.25, 0.3) is 11.0 Å². The summed E-state index contributed by atoms with van der Waals surface area (Å²) in [7, 11) is 3.96. The number of hydrazone groups is 1. The van der Waals surface area contributed by atoms with E-state index in [0.29, 0.717) is 17.5 Å². The van der Waals surface area contributed by atoms with Crippen LogP contribution in [0.15, 0.2) is 99.2 Å². The van der Waals surface area contributed by atoms with Crippen molar-refractivity contribution >= 4 is 22.4 Å². The maximum Gasteiger partial charge on any atom is 0.343 e. The van der Waals surface area contributed by atoms with Gasteiger partial charge in [0.15, 0.2) is 0 Å². The summed E-state index contributed by atoms with van der Waals surface area (Å²) in [5.74, 6) is -0.734. The number of anilines is 1. The molecule has 0 saturated carbocycles. The van der Waals surface area contributed by atoms with Crippen LogP contribution in [-0.2, 0) is 0 Å². The van der Waals surface area contributed by atoms with E-state index >= 15 is 0 Å². The Hall–Kier alpha value is -3.90. The standard InChI is InChI=1S/C28H29N3O3/c1-19(29-30-21-14-8-5-9-15-21)23(18-31(2)3)25(20-12-6-4-7-13-20)26-27(32)22-16-10-11-17-24(22)34-28(26)33/h4-17,23,25,30,32H,18H2,1-3H3/b29-19-/t23-,25+/m0/s1. The van der Waals surface area contributed by atoms with Gasteiger partial charge >= 0.3 is 5.63 Å². The molecule has 4 aromatic rings. The van der Waals surface area contributed by atoms with Crippen LogP contribution in [0, 0.1) is 5.92 Å². The van der Waals surface area contributed by atoms with Gasteiger partial charge in [-0.15, -0.1) is 0 Å². The molecular weight excluding hydrogens is 426 g/mol. The van der Waals surface area contributed by atoms with Gasteiger partial charge in [-0.1, -0.05) is 60.7 Å². The van der Waals surface area contributed by atoms with Crippen LogP contribution >= 0.6 is 0 Å². The number of hydrogen-bond acceptors (Lipinski definition) is 6. The molecule has 0 amide bonds. The molecule has 0 fully saturated rings. The molecule has 34 heavy (non-hydrogen) atoms. The first-order valence-electron chi connectivity index (χ1n) is 11.3. The molecule has 2 atom stereocenters. The Morgan fingerprint density at radius 1 is 0.971 bits per heavy atom. The van der Waals surface area contributed by atoms with E-state index in [-0.39, 0.29) is 17.2 Å². The zero-order valence-corrected chi connectivity index (χ0v) is 19.6. The summed E-state index contributed by atoms with van der Waals surface area (Å²) in [6, 6.07) is 26.5. The minimum absolute atomic E-state index is 0.0479. The number of para-hydroxylation sites is 2. The summed E-state index contributed by atoms with van der Waals surface area (Å²) in [6.07, 6.45) is 0. The van der Waals surface area contributed by atoms with Gasteiger partial charge in [-0.2, -0.15) is 5.10 Å². The van der Waals surface area contributed by atoms with Crippen molar-refractivity contribution in [3.05, 3.63) is 106 Å². The number of fused-ring (bicyclic) bond motifs is 1. The second-order valence-corrected chi connectivity index (χ2v) is 8.64. The van der Waals surface area contributed by atoms with Crippen molar-refractivity contribution < 1.29 is 9.52 Å². The molecule has 0 aliphatic rings. The van der Waals surface area contributed by atoms with Gasteiger partial charge in [0.05, 0.1) is 16.6 Å². The van der Waals surface area contributed by atoms with Crippen molar-refractivity contribution in [3.63, 3.8) is 0 Å². The summed E-state index contributed by atoms with van der Waals surface area (Å²) in [5.41, 5.74) is 5.76. The highest BCUT2D eigenvalue weighted by Crippen LogP contribution is 2.39. The SMILES string of the molecule is C/C(=N/Nc1ccccc1)[C@H](CN(C)C)[C@@H](c1ccccc1)c1c(O)c2ccccc2oc1=O. The molecule has 2 N–H and O–H groups in total. The molecule has 0 aliphatic heterocycles. The first kappa shape index (κ1) is 23.3. The molecule has 0 unspecified atom stereocenters. The number of benzene rings is 3. The highest BCUT2D eigenvalue weighted by molar-refractivity contribution is 5.88. The normalized spacial score (nSPS) is 13.7. The molecule has 174 valence electrons. The van der Waals surface area contributed by atoms with E-state index in [1.165, 1.54) is 0 Å². The average Bonchev–Trinajstić information content (AvgIpc) is 2.85.